The van der Waals surface area contributed by atoms with Gasteiger partial charge in [-0.25, -0.2) is 4.39 Å². The number of fused-ring (bicyclic) bond motifs is 1. The van der Waals surface area contributed by atoms with E-state index >= 15 is 0 Å². The van der Waals surface area contributed by atoms with Crippen molar-refractivity contribution in [2.45, 2.75) is 6.54 Å². The average Bonchev–Trinajstić information content (AvgIpc) is 2.74. The summed E-state index contributed by atoms with van der Waals surface area (Å²) in [6.45, 7) is 1.92. The lowest BCUT2D eigenvalue weighted by Crippen LogP contribution is -2.20. The number of nitrogens with zero attached hydrogens (tertiary/aromatic N) is 2. The van der Waals surface area contributed by atoms with Crippen LogP contribution < -0.4 is 10.1 Å². The number of nitrogens with one attached hydrogen (secondary N) is 1. The molecule has 29 heavy (non-hydrogen) atoms. The number of aromatic nitrogens is 2. The first kappa shape index (κ1) is 20.7. The third kappa shape index (κ3) is 5.50. The maximum atomic E-state index is 13.4. The summed E-state index contributed by atoms with van der Waals surface area (Å²) in [6.07, 6.45) is 5.33. The van der Waals surface area contributed by atoms with Crippen LogP contribution in [0.5, 0.6) is 5.75 Å². The molecule has 148 valence electrons. The van der Waals surface area contributed by atoms with Gasteiger partial charge < -0.3 is 10.1 Å². The molecular formula is C23H21ClFN3O. The average molecular weight is 410 g/mol. The predicted octanol–water partition coefficient (Wildman–Crippen LogP) is 5.03. The molecule has 4 rings (SSSR count). The standard InChI is InChI=1S/C23H20FN3O.ClH/c24-21-5-1-3-19(12-21)20-11-17(15-26-16-20)14-25-9-10-28-22-7-6-18-4-2-8-27-23(18)13-22;/h1-8,11-13,15-16,25H,9-10,14H2;1H. The van der Waals surface area contributed by atoms with Crippen molar-refractivity contribution in [1.29, 1.82) is 0 Å². The van der Waals surface area contributed by atoms with Gasteiger partial charge in [-0.3, -0.25) is 9.97 Å². The Kier molecular flexibility index (Phi) is 7.11. The Morgan fingerprint density at radius 2 is 1.86 bits per heavy atom. The molecule has 0 amide bonds. The van der Waals surface area contributed by atoms with Crippen LogP contribution in [-0.2, 0) is 6.54 Å². The molecule has 1 N–H and O–H groups in total. The van der Waals surface area contributed by atoms with Crippen LogP contribution in [0, 0.1) is 5.82 Å². The Hall–Kier alpha value is -3.02. The van der Waals surface area contributed by atoms with Gasteiger partial charge in [-0.2, -0.15) is 0 Å². The number of halogens is 2. The summed E-state index contributed by atoms with van der Waals surface area (Å²) in [7, 11) is 0. The summed E-state index contributed by atoms with van der Waals surface area (Å²) in [5.74, 6) is 0.560. The quantitative estimate of drug-likeness (QED) is 0.435. The third-order valence-electron chi connectivity index (χ3n) is 4.41. The van der Waals surface area contributed by atoms with Gasteiger partial charge in [0.05, 0.1) is 5.52 Å². The minimum absolute atomic E-state index is 0. The van der Waals surface area contributed by atoms with Crippen LogP contribution in [0.15, 0.2) is 79.3 Å². The zero-order valence-electron chi connectivity index (χ0n) is 15.7. The molecule has 2 heterocycles. The number of ether oxygens (including phenoxy) is 1. The second kappa shape index (κ2) is 9.96. The fraction of sp³-hybridized carbons (Fsp3) is 0.130. The highest BCUT2D eigenvalue weighted by molar-refractivity contribution is 5.85. The van der Waals surface area contributed by atoms with Gasteiger partial charge in [-0.05, 0) is 47.5 Å². The maximum Gasteiger partial charge on any atom is 0.123 e. The normalized spacial score (nSPS) is 10.5. The number of hydrogen-bond acceptors (Lipinski definition) is 4. The summed E-state index contributed by atoms with van der Waals surface area (Å²) in [6, 6.07) is 18.4. The van der Waals surface area contributed by atoms with Crippen molar-refractivity contribution >= 4 is 23.3 Å². The van der Waals surface area contributed by atoms with Crippen LogP contribution in [0.3, 0.4) is 0 Å². The highest BCUT2D eigenvalue weighted by atomic mass is 35.5. The Balaban J connectivity index is 0.00000240. The van der Waals surface area contributed by atoms with Gasteiger partial charge in [-0.1, -0.05) is 18.2 Å². The van der Waals surface area contributed by atoms with Gasteiger partial charge in [0.25, 0.3) is 0 Å². The zero-order valence-corrected chi connectivity index (χ0v) is 16.5. The summed E-state index contributed by atoms with van der Waals surface area (Å²) in [5, 5.41) is 4.44. The Morgan fingerprint density at radius 3 is 2.76 bits per heavy atom. The van der Waals surface area contributed by atoms with E-state index in [9.17, 15) is 4.39 Å². The number of benzene rings is 2. The second-order valence-electron chi connectivity index (χ2n) is 6.48. The molecular weight excluding hydrogens is 389 g/mol. The van der Waals surface area contributed by atoms with Crippen molar-refractivity contribution in [3.8, 4) is 16.9 Å². The van der Waals surface area contributed by atoms with Crippen LogP contribution in [0.4, 0.5) is 4.39 Å². The molecule has 0 aliphatic rings. The first-order valence-corrected chi connectivity index (χ1v) is 9.16. The predicted molar refractivity (Wildman–Crippen MR) is 116 cm³/mol. The fourth-order valence-electron chi connectivity index (χ4n) is 3.02. The highest BCUT2D eigenvalue weighted by Gasteiger charge is 2.02. The lowest BCUT2D eigenvalue weighted by atomic mass is 10.1. The molecule has 4 nitrogen and oxygen atoms in total. The van der Waals surface area contributed by atoms with Gasteiger partial charge in [0.1, 0.15) is 18.2 Å². The van der Waals surface area contributed by atoms with E-state index in [4.69, 9.17) is 4.74 Å². The SMILES string of the molecule is Cl.Fc1cccc(-c2cncc(CNCCOc3ccc4cccnc4c3)c2)c1. The van der Waals surface area contributed by atoms with Gasteiger partial charge >= 0.3 is 0 Å². The van der Waals surface area contributed by atoms with E-state index in [2.05, 4.69) is 15.3 Å². The van der Waals surface area contributed by atoms with Crippen molar-refractivity contribution in [2.75, 3.05) is 13.2 Å². The molecule has 0 unspecified atom stereocenters. The van der Waals surface area contributed by atoms with Gasteiger partial charge in [0.15, 0.2) is 0 Å². The minimum atomic E-state index is -0.248. The first-order valence-electron chi connectivity index (χ1n) is 9.16. The molecule has 0 aliphatic carbocycles. The molecule has 0 radical (unpaired) electrons. The van der Waals surface area contributed by atoms with Crippen LogP contribution in [0.1, 0.15) is 5.56 Å². The summed E-state index contributed by atoms with van der Waals surface area (Å²) in [5.41, 5.74) is 3.69. The van der Waals surface area contributed by atoms with Crippen molar-refractivity contribution in [3.63, 3.8) is 0 Å². The lowest BCUT2D eigenvalue weighted by molar-refractivity contribution is 0.314. The molecule has 2 aromatic carbocycles. The summed E-state index contributed by atoms with van der Waals surface area (Å²) < 4.78 is 19.2. The van der Waals surface area contributed by atoms with E-state index in [0.29, 0.717) is 19.7 Å². The Labute approximate surface area is 175 Å². The highest BCUT2D eigenvalue weighted by Crippen LogP contribution is 2.20. The molecule has 4 aromatic rings. The van der Waals surface area contributed by atoms with Crippen LogP contribution in [0.25, 0.3) is 22.0 Å². The lowest BCUT2D eigenvalue weighted by Gasteiger charge is -2.09. The van der Waals surface area contributed by atoms with Crippen molar-refractivity contribution in [2.24, 2.45) is 0 Å². The van der Waals surface area contributed by atoms with E-state index < -0.39 is 0 Å². The van der Waals surface area contributed by atoms with Gasteiger partial charge in [-0.15, -0.1) is 12.4 Å². The smallest absolute Gasteiger partial charge is 0.123 e. The Morgan fingerprint density at radius 1 is 0.931 bits per heavy atom. The molecule has 0 aliphatic heterocycles. The van der Waals surface area contributed by atoms with E-state index in [0.717, 1.165) is 33.3 Å². The van der Waals surface area contributed by atoms with E-state index in [-0.39, 0.29) is 18.2 Å². The van der Waals surface area contributed by atoms with Crippen molar-refractivity contribution in [3.05, 3.63) is 90.6 Å². The first-order chi connectivity index (χ1) is 13.8. The zero-order chi connectivity index (χ0) is 19.2. The molecule has 6 heteroatoms. The molecule has 0 bridgehead atoms. The van der Waals surface area contributed by atoms with Crippen molar-refractivity contribution < 1.29 is 9.13 Å². The maximum absolute atomic E-state index is 13.4. The second-order valence-corrected chi connectivity index (χ2v) is 6.48. The van der Waals surface area contributed by atoms with Gasteiger partial charge in [0.2, 0.25) is 0 Å². The molecule has 2 aromatic heterocycles. The molecule has 0 saturated heterocycles. The van der Waals surface area contributed by atoms with E-state index in [1.807, 2.05) is 48.7 Å². The molecule has 0 atom stereocenters. The van der Waals surface area contributed by atoms with Gasteiger partial charge in [0, 0.05) is 48.7 Å². The monoisotopic (exact) mass is 409 g/mol. The van der Waals surface area contributed by atoms with Crippen LogP contribution >= 0.6 is 12.4 Å². The molecule has 0 fully saturated rings. The molecule has 0 saturated carbocycles. The van der Waals surface area contributed by atoms with E-state index in [1.165, 1.54) is 12.1 Å². The summed E-state index contributed by atoms with van der Waals surface area (Å²) in [4.78, 5) is 8.60. The Bertz CT molecular complexity index is 1090. The summed E-state index contributed by atoms with van der Waals surface area (Å²) >= 11 is 0. The largest absolute Gasteiger partial charge is 0.492 e. The fourth-order valence-corrected chi connectivity index (χ4v) is 3.02. The third-order valence-corrected chi connectivity index (χ3v) is 4.41. The number of hydrogen-bond donors (Lipinski definition) is 1. The van der Waals surface area contributed by atoms with Crippen LogP contribution in [0.2, 0.25) is 0 Å². The number of pyridine rings is 2. The van der Waals surface area contributed by atoms with Crippen molar-refractivity contribution in [1.82, 2.24) is 15.3 Å². The van der Waals surface area contributed by atoms with Crippen LogP contribution in [-0.4, -0.2) is 23.1 Å². The molecule has 0 spiro atoms. The van der Waals surface area contributed by atoms with E-state index in [1.54, 1.807) is 18.5 Å². The topological polar surface area (TPSA) is 47.0 Å². The minimum Gasteiger partial charge on any atom is -0.492 e. The number of rotatable bonds is 7.